The quantitative estimate of drug-likeness (QED) is 0.849. The normalized spacial score (nSPS) is 15.8. The van der Waals surface area contributed by atoms with Crippen LogP contribution in [0.1, 0.15) is 36.7 Å². The van der Waals surface area contributed by atoms with E-state index in [9.17, 15) is 14.3 Å². The lowest BCUT2D eigenvalue weighted by Gasteiger charge is -2.41. The fourth-order valence-electron chi connectivity index (χ4n) is 3.11. The van der Waals surface area contributed by atoms with Crippen molar-refractivity contribution < 1.29 is 14.3 Å². The molecule has 0 saturated heterocycles. The van der Waals surface area contributed by atoms with Crippen LogP contribution >= 0.6 is 0 Å². The van der Waals surface area contributed by atoms with Crippen LogP contribution in [0.25, 0.3) is 5.57 Å². The Hall–Kier alpha value is -2.62. The van der Waals surface area contributed by atoms with Gasteiger partial charge < -0.3 is 5.11 Å². The molecule has 3 nitrogen and oxygen atoms in total. The van der Waals surface area contributed by atoms with E-state index in [2.05, 4.69) is 0 Å². The van der Waals surface area contributed by atoms with Crippen LogP contribution in [0, 0.1) is 5.82 Å². The predicted octanol–water partition coefficient (Wildman–Crippen LogP) is 4.37. The molecule has 1 heterocycles. The molecule has 1 amide bonds. The van der Waals surface area contributed by atoms with Crippen molar-refractivity contribution in [2.24, 2.45) is 0 Å². The van der Waals surface area contributed by atoms with Gasteiger partial charge in [-0.1, -0.05) is 6.08 Å². The zero-order chi connectivity index (χ0) is 16.8. The van der Waals surface area contributed by atoms with Gasteiger partial charge in [0.15, 0.2) is 0 Å². The first-order chi connectivity index (χ1) is 10.8. The molecular formula is C19H18FNO2. The Labute approximate surface area is 134 Å². The molecule has 0 aliphatic carbocycles. The number of aromatic hydroxyl groups is 1. The van der Waals surface area contributed by atoms with Crippen LogP contribution in [0.15, 0.2) is 48.5 Å². The Morgan fingerprint density at radius 2 is 1.78 bits per heavy atom. The van der Waals surface area contributed by atoms with E-state index in [4.69, 9.17) is 0 Å². The average Bonchev–Trinajstić information content (AvgIpc) is 2.47. The van der Waals surface area contributed by atoms with Crippen molar-refractivity contribution in [2.45, 2.75) is 26.3 Å². The van der Waals surface area contributed by atoms with E-state index >= 15 is 0 Å². The second-order valence-electron chi connectivity index (χ2n) is 6.33. The first-order valence-electron chi connectivity index (χ1n) is 7.42. The van der Waals surface area contributed by atoms with Crippen molar-refractivity contribution in [3.8, 4) is 5.75 Å². The first-order valence-corrected chi connectivity index (χ1v) is 7.42. The summed E-state index contributed by atoms with van der Waals surface area (Å²) in [6.07, 6.45) is 2.00. The molecule has 3 rings (SSSR count). The summed E-state index contributed by atoms with van der Waals surface area (Å²) in [6, 6.07) is 10.5. The molecule has 0 unspecified atom stereocenters. The number of hydrogen-bond donors (Lipinski definition) is 1. The third-order valence-corrected chi connectivity index (χ3v) is 4.09. The summed E-state index contributed by atoms with van der Waals surface area (Å²) in [5, 5.41) is 9.74. The standard InChI is InChI=1S/C19H18FNO2/c1-12-11-19(2,3)21(17-9-8-15(22)10-16(12)17)18(23)13-4-6-14(20)7-5-13/h4-11,22H,1-3H3. The molecule has 0 saturated carbocycles. The minimum absolute atomic E-state index is 0.158. The Morgan fingerprint density at radius 1 is 1.13 bits per heavy atom. The molecular weight excluding hydrogens is 293 g/mol. The predicted molar refractivity (Wildman–Crippen MR) is 89.0 cm³/mol. The van der Waals surface area contributed by atoms with Gasteiger partial charge in [-0.3, -0.25) is 9.69 Å². The average molecular weight is 311 g/mol. The van der Waals surface area contributed by atoms with Crippen LogP contribution < -0.4 is 4.90 Å². The molecule has 0 radical (unpaired) electrons. The molecule has 1 N–H and O–H groups in total. The summed E-state index contributed by atoms with van der Waals surface area (Å²) >= 11 is 0. The maximum Gasteiger partial charge on any atom is 0.259 e. The minimum Gasteiger partial charge on any atom is -0.508 e. The largest absolute Gasteiger partial charge is 0.508 e. The lowest BCUT2D eigenvalue weighted by molar-refractivity contribution is 0.0970. The number of fused-ring (bicyclic) bond motifs is 1. The number of allylic oxidation sites excluding steroid dienone is 1. The summed E-state index contributed by atoms with van der Waals surface area (Å²) in [7, 11) is 0. The molecule has 118 valence electrons. The van der Waals surface area contributed by atoms with Crippen LogP contribution in [-0.2, 0) is 0 Å². The molecule has 1 aliphatic heterocycles. The molecule has 0 atom stereocenters. The van der Waals surface area contributed by atoms with Crippen molar-refractivity contribution in [1.82, 2.24) is 0 Å². The Kier molecular flexibility index (Phi) is 3.48. The van der Waals surface area contributed by atoms with Crippen LogP contribution in [0.2, 0.25) is 0 Å². The van der Waals surface area contributed by atoms with Crippen molar-refractivity contribution >= 4 is 17.2 Å². The maximum absolute atomic E-state index is 13.1. The van der Waals surface area contributed by atoms with Crippen molar-refractivity contribution in [1.29, 1.82) is 0 Å². The van der Waals surface area contributed by atoms with Gasteiger partial charge in [-0.05, 0) is 68.8 Å². The van der Waals surface area contributed by atoms with E-state index in [1.165, 1.54) is 24.3 Å². The number of rotatable bonds is 1. The highest BCUT2D eigenvalue weighted by molar-refractivity contribution is 6.09. The topological polar surface area (TPSA) is 40.5 Å². The SMILES string of the molecule is CC1=CC(C)(C)N(C(=O)c2ccc(F)cc2)c2ccc(O)cc21. The van der Waals surface area contributed by atoms with Gasteiger partial charge in [0, 0.05) is 11.1 Å². The second kappa shape index (κ2) is 5.23. The van der Waals surface area contributed by atoms with E-state index < -0.39 is 5.54 Å². The van der Waals surface area contributed by atoms with Gasteiger partial charge in [0.05, 0.1) is 11.2 Å². The molecule has 1 aliphatic rings. The van der Waals surface area contributed by atoms with Gasteiger partial charge in [-0.25, -0.2) is 4.39 Å². The molecule has 2 aromatic carbocycles. The van der Waals surface area contributed by atoms with E-state index in [0.29, 0.717) is 5.56 Å². The summed E-state index contributed by atoms with van der Waals surface area (Å²) in [4.78, 5) is 14.7. The smallest absolute Gasteiger partial charge is 0.259 e. The Balaban J connectivity index is 2.14. The van der Waals surface area contributed by atoms with Crippen LogP contribution in [0.4, 0.5) is 10.1 Å². The molecule has 0 spiro atoms. The fourth-order valence-corrected chi connectivity index (χ4v) is 3.11. The number of phenols is 1. The summed E-state index contributed by atoms with van der Waals surface area (Å²) in [6.45, 7) is 5.86. The minimum atomic E-state index is -0.528. The van der Waals surface area contributed by atoms with Gasteiger partial charge in [0.2, 0.25) is 0 Å². The van der Waals surface area contributed by atoms with Gasteiger partial charge in [-0.15, -0.1) is 0 Å². The third-order valence-electron chi connectivity index (χ3n) is 4.09. The van der Waals surface area contributed by atoms with Gasteiger partial charge >= 0.3 is 0 Å². The summed E-state index contributed by atoms with van der Waals surface area (Å²) < 4.78 is 13.1. The van der Waals surface area contributed by atoms with Gasteiger partial charge in [-0.2, -0.15) is 0 Å². The molecule has 0 fully saturated rings. The number of phenolic OH excluding ortho intramolecular Hbond substituents is 1. The Morgan fingerprint density at radius 3 is 2.43 bits per heavy atom. The zero-order valence-electron chi connectivity index (χ0n) is 13.3. The number of anilines is 1. The first kappa shape index (κ1) is 15.3. The maximum atomic E-state index is 13.1. The highest BCUT2D eigenvalue weighted by atomic mass is 19.1. The number of carbonyl (C=O) groups is 1. The molecule has 0 bridgehead atoms. The number of carbonyl (C=O) groups excluding carboxylic acids is 1. The second-order valence-corrected chi connectivity index (χ2v) is 6.33. The summed E-state index contributed by atoms with van der Waals surface area (Å²) in [5.41, 5.74) is 2.46. The number of benzene rings is 2. The van der Waals surface area contributed by atoms with E-state index in [1.807, 2.05) is 26.8 Å². The molecule has 0 aromatic heterocycles. The van der Waals surface area contributed by atoms with Crippen molar-refractivity contribution in [3.05, 3.63) is 65.5 Å². The van der Waals surface area contributed by atoms with E-state index in [0.717, 1.165) is 16.8 Å². The van der Waals surface area contributed by atoms with Crippen molar-refractivity contribution in [2.75, 3.05) is 4.90 Å². The van der Waals surface area contributed by atoms with Crippen LogP contribution in [-0.4, -0.2) is 16.6 Å². The lowest BCUT2D eigenvalue weighted by Crippen LogP contribution is -2.49. The van der Waals surface area contributed by atoms with E-state index in [1.54, 1.807) is 23.1 Å². The van der Waals surface area contributed by atoms with Gasteiger partial charge in [0.25, 0.3) is 5.91 Å². The summed E-state index contributed by atoms with van der Waals surface area (Å²) in [5.74, 6) is -0.420. The van der Waals surface area contributed by atoms with Crippen LogP contribution in [0.3, 0.4) is 0 Å². The zero-order valence-corrected chi connectivity index (χ0v) is 13.3. The number of nitrogens with zero attached hydrogens (tertiary/aromatic N) is 1. The molecule has 2 aromatic rings. The lowest BCUT2D eigenvalue weighted by atomic mass is 9.88. The van der Waals surface area contributed by atoms with Gasteiger partial charge in [0.1, 0.15) is 11.6 Å². The molecule has 4 heteroatoms. The number of amides is 1. The molecule has 23 heavy (non-hydrogen) atoms. The monoisotopic (exact) mass is 311 g/mol. The number of hydrogen-bond acceptors (Lipinski definition) is 2. The van der Waals surface area contributed by atoms with Crippen molar-refractivity contribution in [3.63, 3.8) is 0 Å². The number of halogens is 1. The highest BCUT2D eigenvalue weighted by Crippen LogP contribution is 2.41. The van der Waals surface area contributed by atoms with E-state index in [-0.39, 0.29) is 17.5 Å². The van der Waals surface area contributed by atoms with Crippen LogP contribution in [0.5, 0.6) is 5.75 Å². The third kappa shape index (κ3) is 2.61. The Bertz CT molecular complexity index is 807. The highest BCUT2D eigenvalue weighted by Gasteiger charge is 2.36. The fraction of sp³-hybridized carbons (Fsp3) is 0.211.